The molecule has 0 fully saturated rings. The zero-order valence-corrected chi connectivity index (χ0v) is 18.3. The summed E-state index contributed by atoms with van der Waals surface area (Å²) in [4.78, 5) is 23.0. The van der Waals surface area contributed by atoms with E-state index < -0.39 is 35.6 Å². The van der Waals surface area contributed by atoms with Crippen molar-refractivity contribution < 1.29 is 22.4 Å². The van der Waals surface area contributed by atoms with E-state index in [0.29, 0.717) is 11.9 Å². The minimum atomic E-state index is -4.73. The highest BCUT2D eigenvalue weighted by Crippen LogP contribution is 2.37. The maximum Gasteiger partial charge on any atom is 0.416 e. The van der Waals surface area contributed by atoms with Gasteiger partial charge in [-0.15, -0.1) is 0 Å². The molecule has 4 N–H and O–H groups in total. The second-order valence-electron chi connectivity index (χ2n) is 8.16. The van der Waals surface area contributed by atoms with E-state index in [1.54, 1.807) is 18.3 Å². The van der Waals surface area contributed by atoms with Crippen LogP contribution in [0.4, 0.5) is 29.3 Å². The Kier molecular flexibility index (Phi) is 5.30. The molecular weight excluding hydrogens is 466 g/mol. The van der Waals surface area contributed by atoms with Gasteiger partial charge in [-0.05, 0) is 31.2 Å². The van der Waals surface area contributed by atoms with Crippen LogP contribution in [0.25, 0.3) is 10.9 Å². The number of anilines is 2. The molecule has 4 aromatic rings. The first-order chi connectivity index (χ1) is 16.6. The highest BCUT2D eigenvalue weighted by atomic mass is 19.4. The van der Waals surface area contributed by atoms with Crippen molar-refractivity contribution in [1.82, 2.24) is 20.2 Å². The quantitative estimate of drug-likeness (QED) is 0.363. The van der Waals surface area contributed by atoms with Crippen molar-refractivity contribution in [1.29, 1.82) is 0 Å². The Morgan fingerprint density at radius 1 is 1.23 bits per heavy atom. The Bertz CT molecular complexity index is 1450. The predicted molar refractivity (Wildman–Crippen MR) is 120 cm³/mol. The number of para-hydroxylation sites is 1. The van der Waals surface area contributed by atoms with E-state index in [0.717, 1.165) is 29.5 Å². The smallest absolute Gasteiger partial charge is 0.366 e. The van der Waals surface area contributed by atoms with Gasteiger partial charge < -0.3 is 16.0 Å². The number of nitrogens with two attached hydrogens (primary N) is 1. The lowest BCUT2D eigenvalue weighted by molar-refractivity contribution is -0.138. The number of hydrogen-bond donors (Lipinski definition) is 3. The Morgan fingerprint density at radius 2 is 2.00 bits per heavy atom. The van der Waals surface area contributed by atoms with Crippen molar-refractivity contribution in [2.75, 3.05) is 10.2 Å². The molecular formula is C23H19F4N7O. The molecule has 1 unspecified atom stereocenters. The zero-order valence-electron chi connectivity index (χ0n) is 18.3. The molecule has 1 atom stereocenters. The number of carbonyl (C=O) groups is 1. The number of aromatic nitrogens is 4. The molecule has 1 aliphatic rings. The topological polar surface area (TPSA) is 113 Å². The molecule has 0 bridgehead atoms. The van der Waals surface area contributed by atoms with Crippen molar-refractivity contribution >= 4 is 28.6 Å². The van der Waals surface area contributed by atoms with E-state index in [-0.39, 0.29) is 28.9 Å². The summed E-state index contributed by atoms with van der Waals surface area (Å²) in [5, 5.41) is 10.1. The number of nitrogens with zero attached hydrogens (tertiary/aromatic N) is 4. The summed E-state index contributed by atoms with van der Waals surface area (Å²) in [6.07, 6.45) is -3.03. The van der Waals surface area contributed by atoms with Crippen LogP contribution in [0.3, 0.4) is 0 Å². The van der Waals surface area contributed by atoms with Gasteiger partial charge in [0, 0.05) is 23.1 Å². The molecule has 0 saturated heterocycles. The van der Waals surface area contributed by atoms with Crippen LogP contribution in [0.1, 0.15) is 45.7 Å². The van der Waals surface area contributed by atoms with Gasteiger partial charge in [-0.2, -0.15) is 23.3 Å². The maximum atomic E-state index is 14.4. The number of hydrogen-bond acceptors (Lipinski definition) is 6. The molecule has 2 aromatic carbocycles. The average Bonchev–Trinajstić information content (AvgIpc) is 3.39. The summed E-state index contributed by atoms with van der Waals surface area (Å²) in [5.74, 6) is -1.34. The normalized spacial score (nSPS) is 15.5. The number of amides is 1. The van der Waals surface area contributed by atoms with Crippen molar-refractivity contribution in [2.45, 2.75) is 32.2 Å². The van der Waals surface area contributed by atoms with Crippen LogP contribution >= 0.6 is 0 Å². The fourth-order valence-corrected chi connectivity index (χ4v) is 4.31. The minimum Gasteiger partial charge on any atom is -0.366 e. The third-order valence-electron chi connectivity index (χ3n) is 6.09. The maximum absolute atomic E-state index is 14.4. The van der Waals surface area contributed by atoms with Crippen LogP contribution < -0.4 is 16.0 Å². The zero-order chi connectivity index (χ0) is 24.9. The summed E-state index contributed by atoms with van der Waals surface area (Å²) in [6.45, 7) is 1.84. The van der Waals surface area contributed by atoms with Crippen LogP contribution in [-0.2, 0) is 19.3 Å². The number of fused-ring (bicyclic) bond motifs is 2. The molecule has 12 heteroatoms. The molecule has 0 saturated carbocycles. The van der Waals surface area contributed by atoms with Gasteiger partial charge in [0.2, 0.25) is 5.95 Å². The van der Waals surface area contributed by atoms with Crippen LogP contribution in [0.15, 0.2) is 42.6 Å². The van der Waals surface area contributed by atoms with E-state index >= 15 is 0 Å². The lowest BCUT2D eigenvalue weighted by Gasteiger charge is -2.23. The SMILES string of the molecule is CC1c2cn[nH]c2CN1c1nc(NCc2c(F)cccc2C(F)(F)F)c2cccc(C(N)=O)c2n1. The van der Waals surface area contributed by atoms with Gasteiger partial charge in [-0.1, -0.05) is 12.1 Å². The standard InChI is InChI=1S/C23H19F4N7O/c1-11-14-9-30-33-18(14)10-34(11)22-31-19-12(20(28)35)4-2-5-13(19)21(32-22)29-8-15-16(23(25,26)27)6-3-7-17(15)24/h2-7,9,11H,8,10H2,1H3,(H2,28,35)(H,30,33)(H,29,31,32). The largest absolute Gasteiger partial charge is 0.416 e. The summed E-state index contributed by atoms with van der Waals surface area (Å²) >= 11 is 0. The highest BCUT2D eigenvalue weighted by molar-refractivity contribution is 6.07. The number of primary amides is 1. The van der Waals surface area contributed by atoms with Gasteiger partial charge in [0.25, 0.3) is 5.91 Å². The Morgan fingerprint density at radius 3 is 2.71 bits per heavy atom. The molecule has 2 aromatic heterocycles. The third kappa shape index (κ3) is 3.90. The molecule has 1 aliphatic heterocycles. The number of H-pyrrole nitrogens is 1. The number of alkyl halides is 3. The number of benzene rings is 2. The van der Waals surface area contributed by atoms with E-state index in [4.69, 9.17) is 5.73 Å². The number of carbonyl (C=O) groups excluding carboxylic acids is 1. The van der Waals surface area contributed by atoms with Crippen molar-refractivity contribution in [3.63, 3.8) is 0 Å². The lowest BCUT2D eigenvalue weighted by atomic mass is 10.1. The first kappa shape index (κ1) is 22.6. The molecule has 1 amide bonds. The van der Waals surface area contributed by atoms with Gasteiger partial charge in [0.1, 0.15) is 11.6 Å². The Labute approximate surface area is 196 Å². The summed E-state index contributed by atoms with van der Waals surface area (Å²) in [5.41, 5.74) is 6.10. The van der Waals surface area contributed by atoms with E-state index in [1.165, 1.54) is 6.07 Å². The fourth-order valence-electron chi connectivity index (χ4n) is 4.31. The highest BCUT2D eigenvalue weighted by Gasteiger charge is 2.35. The second kappa shape index (κ2) is 8.22. The number of nitrogens with one attached hydrogen (secondary N) is 2. The molecule has 0 spiro atoms. The van der Waals surface area contributed by atoms with Gasteiger partial charge in [-0.25, -0.2) is 9.37 Å². The lowest BCUT2D eigenvalue weighted by Crippen LogP contribution is -2.23. The second-order valence-corrected chi connectivity index (χ2v) is 8.16. The van der Waals surface area contributed by atoms with Gasteiger partial charge >= 0.3 is 6.18 Å². The molecule has 8 nitrogen and oxygen atoms in total. The first-order valence-electron chi connectivity index (χ1n) is 10.6. The predicted octanol–water partition coefficient (Wildman–Crippen LogP) is 4.30. The van der Waals surface area contributed by atoms with Gasteiger partial charge in [0.05, 0.1) is 41.1 Å². The number of aromatic amines is 1. The molecule has 180 valence electrons. The van der Waals surface area contributed by atoms with Gasteiger partial charge in [0.15, 0.2) is 0 Å². The number of halogens is 4. The summed E-state index contributed by atoms with van der Waals surface area (Å²) in [6, 6.07) is 7.33. The Hall–Kier alpha value is -4.22. The van der Waals surface area contributed by atoms with Crippen LogP contribution in [-0.4, -0.2) is 26.1 Å². The van der Waals surface area contributed by atoms with Crippen LogP contribution in [0.2, 0.25) is 0 Å². The average molecular weight is 485 g/mol. The summed E-state index contributed by atoms with van der Waals surface area (Å²) in [7, 11) is 0. The molecule has 35 heavy (non-hydrogen) atoms. The van der Waals surface area contributed by atoms with Crippen molar-refractivity contribution in [3.05, 3.63) is 76.4 Å². The number of rotatable bonds is 5. The van der Waals surface area contributed by atoms with Crippen LogP contribution in [0.5, 0.6) is 0 Å². The van der Waals surface area contributed by atoms with Gasteiger partial charge in [-0.3, -0.25) is 9.89 Å². The third-order valence-corrected chi connectivity index (χ3v) is 6.09. The minimum absolute atomic E-state index is 0.128. The molecule has 5 rings (SSSR count). The summed E-state index contributed by atoms with van der Waals surface area (Å²) < 4.78 is 54.8. The van der Waals surface area contributed by atoms with E-state index in [1.807, 2.05) is 11.8 Å². The monoisotopic (exact) mass is 485 g/mol. The fraction of sp³-hybridized carbons (Fsp3) is 0.217. The first-order valence-corrected chi connectivity index (χ1v) is 10.6. The molecule has 0 radical (unpaired) electrons. The molecule has 0 aliphatic carbocycles. The molecule has 3 heterocycles. The van der Waals surface area contributed by atoms with Crippen molar-refractivity contribution in [3.8, 4) is 0 Å². The van der Waals surface area contributed by atoms with E-state index in [9.17, 15) is 22.4 Å². The Balaban J connectivity index is 1.60. The van der Waals surface area contributed by atoms with Crippen molar-refractivity contribution in [2.24, 2.45) is 5.73 Å². The van der Waals surface area contributed by atoms with Crippen LogP contribution in [0, 0.1) is 5.82 Å². The van der Waals surface area contributed by atoms with E-state index in [2.05, 4.69) is 25.5 Å².